The Bertz CT molecular complexity index is 1160. The van der Waals surface area contributed by atoms with Crippen molar-refractivity contribution in [2.75, 3.05) is 11.9 Å². The summed E-state index contributed by atoms with van der Waals surface area (Å²) in [5.74, 6) is -1.03. The highest BCUT2D eigenvalue weighted by molar-refractivity contribution is 7.85. The Balaban J connectivity index is 1.64. The highest BCUT2D eigenvalue weighted by Gasteiger charge is 2.29. The molecule has 1 aliphatic heterocycles. The third-order valence-electron chi connectivity index (χ3n) is 4.75. The molecule has 0 aliphatic carbocycles. The highest BCUT2D eigenvalue weighted by atomic mass is 32.2. The van der Waals surface area contributed by atoms with E-state index in [0.717, 1.165) is 0 Å². The molecule has 3 aromatic rings. The molecule has 0 saturated carbocycles. The van der Waals surface area contributed by atoms with Gasteiger partial charge in [-0.3, -0.25) is 9.59 Å². The van der Waals surface area contributed by atoms with E-state index in [4.69, 9.17) is 0 Å². The zero-order valence-electron chi connectivity index (χ0n) is 15.5. The average molecular weight is 408 g/mol. The fraction of sp³-hybridized carbons (Fsp3) is 0.0909. The smallest absolute Gasteiger partial charge is 0.259 e. The summed E-state index contributed by atoms with van der Waals surface area (Å²) >= 11 is 0. The Morgan fingerprint density at radius 3 is 2.62 bits per heavy atom. The minimum Gasteiger partial charge on any atom is -0.348 e. The second-order valence-electron chi connectivity index (χ2n) is 6.62. The van der Waals surface area contributed by atoms with Gasteiger partial charge in [0.15, 0.2) is 0 Å². The number of nitrogens with one attached hydrogen (secondary N) is 1. The maximum absolute atomic E-state index is 13.3. The molecule has 146 valence electrons. The van der Waals surface area contributed by atoms with Gasteiger partial charge in [0.1, 0.15) is 5.82 Å². The SMILES string of the molecule is CN1C(=O)c2ccccc2S(=O)c2ccc(C(=O)NCc3cccc(F)c3)cc21. The first-order valence-corrected chi connectivity index (χ1v) is 10.1. The number of amides is 2. The second-order valence-corrected chi connectivity index (χ2v) is 8.04. The van der Waals surface area contributed by atoms with Gasteiger partial charge in [-0.25, -0.2) is 8.60 Å². The maximum Gasteiger partial charge on any atom is 0.259 e. The standard InChI is InChI=1S/C22H17FN2O3S/c1-25-18-12-15(21(26)24-13-14-5-4-6-16(23)11-14)9-10-20(18)29(28)19-8-3-2-7-17(19)22(25)27/h2-12H,13H2,1H3,(H,24,26). The van der Waals surface area contributed by atoms with Crippen LogP contribution in [0.15, 0.2) is 76.5 Å². The van der Waals surface area contributed by atoms with Crippen LogP contribution in [0.5, 0.6) is 0 Å². The molecule has 0 aromatic heterocycles. The van der Waals surface area contributed by atoms with Crippen molar-refractivity contribution in [1.29, 1.82) is 0 Å². The number of carbonyl (C=O) groups excluding carboxylic acids is 2. The molecule has 5 nitrogen and oxygen atoms in total. The van der Waals surface area contributed by atoms with Gasteiger partial charge in [0.05, 0.1) is 31.8 Å². The van der Waals surface area contributed by atoms with Gasteiger partial charge in [-0.2, -0.15) is 0 Å². The molecule has 0 bridgehead atoms. The first-order valence-electron chi connectivity index (χ1n) is 8.91. The Morgan fingerprint density at radius 1 is 1.03 bits per heavy atom. The quantitative estimate of drug-likeness (QED) is 0.721. The highest BCUT2D eigenvalue weighted by Crippen LogP contribution is 2.34. The van der Waals surface area contributed by atoms with Crippen LogP contribution in [0.1, 0.15) is 26.3 Å². The molecule has 1 N–H and O–H groups in total. The van der Waals surface area contributed by atoms with E-state index in [1.54, 1.807) is 61.6 Å². The Labute approximate surface area is 169 Å². The van der Waals surface area contributed by atoms with Gasteiger partial charge in [0, 0.05) is 19.2 Å². The van der Waals surface area contributed by atoms with Crippen LogP contribution in [-0.2, 0) is 17.3 Å². The monoisotopic (exact) mass is 408 g/mol. The molecule has 1 atom stereocenters. The third-order valence-corrected chi connectivity index (χ3v) is 6.25. The lowest BCUT2D eigenvalue weighted by atomic mass is 10.1. The van der Waals surface area contributed by atoms with Crippen molar-refractivity contribution < 1.29 is 18.2 Å². The van der Waals surface area contributed by atoms with Crippen LogP contribution in [0.4, 0.5) is 10.1 Å². The van der Waals surface area contributed by atoms with Gasteiger partial charge < -0.3 is 10.2 Å². The Kier molecular flexibility index (Phi) is 4.98. The number of rotatable bonds is 3. The van der Waals surface area contributed by atoms with E-state index in [9.17, 15) is 18.2 Å². The molecule has 1 heterocycles. The lowest BCUT2D eigenvalue weighted by molar-refractivity contribution is 0.0948. The molecule has 0 spiro atoms. The zero-order chi connectivity index (χ0) is 20.5. The predicted molar refractivity (Wildman–Crippen MR) is 108 cm³/mol. The normalized spacial score (nSPS) is 15.3. The average Bonchev–Trinajstić information content (AvgIpc) is 2.82. The first kappa shape index (κ1) is 19.0. The van der Waals surface area contributed by atoms with Gasteiger partial charge in [-0.05, 0) is 48.0 Å². The van der Waals surface area contributed by atoms with E-state index in [1.165, 1.54) is 17.0 Å². The Morgan fingerprint density at radius 2 is 1.83 bits per heavy atom. The fourth-order valence-electron chi connectivity index (χ4n) is 3.22. The predicted octanol–water partition coefficient (Wildman–Crippen LogP) is 3.51. The molecular formula is C22H17FN2O3S. The van der Waals surface area contributed by atoms with Gasteiger partial charge in [-0.15, -0.1) is 0 Å². The molecule has 2 amide bonds. The van der Waals surface area contributed by atoms with Gasteiger partial charge in [0.2, 0.25) is 0 Å². The zero-order valence-corrected chi connectivity index (χ0v) is 16.3. The number of hydrogen-bond donors (Lipinski definition) is 1. The van der Waals surface area contributed by atoms with Crippen LogP contribution in [0, 0.1) is 5.82 Å². The van der Waals surface area contributed by atoms with Crippen molar-refractivity contribution in [3.63, 3.8) is 0 Å². The van der Waals surface area contributed by atoms with Crippen LogP contribution in [0.25, 0.3) is 0 Å². The van der Waals surface area contributed by atoms with Crippen LogP contribution in [0.3, 0.4) is 0 Å². The van der Waals surface area contributed by atoms with Gasteiger partial charge >= 0.3 is 0 Å². The van der Waals surface area contributed by atoms with Gasteiger partial charge in [0.25, 0.3) is 11.8 Å². The number of anilines is 1. The van der Waals surface area contributed by atoms with Crippen LogP contribution >= 0.6 is 0 Å². The molecule has 0 saturated heterocycles. The summed E-state index contributed by atoms with van der Waals surface area (Å²) in [6.45, 7) is 0.166. The number of fused-ring (bicyclic) bond motifs is 2. The molecule has 0 radical (unpaired) electrons. The minimum absolute atomic E-state index is 0.166. The number of benzene rings is 3. The number of carbonyl (C=O) groups is 2. The van der Waals surface area contributed by atoms with Crippen LogP contribution in [-0.4, -0.2) is 23.1 Å². The lowest BCUT2D eigenvalue weighted by Crippen LogP contribution is -2.27. The van der Waals surface area contributed by atoms with E-state index >= 15 is 0 Å². The molecular weight excluding hydrogens is 391 g/mol. The number of halogens is 1. The summed E-state index contributed by atoms with van der Waals surface area (Å²) in [4.78, 5) is 27.7. The van der Waals surface area contributed by atoms with Crippen LogP contribution < -0.4 is 10.2 Å². The van der Waals surface area contributed by atoms with Crippen molar-refractivity contribution >= 4 is 28.3 Å². The molecule has 7 heteroatoms. The minimum atomic E-state index is -1.54. The second kappa shape index (κ2) is 7.60. The van der Waals surface area contributed by atoms with E-state index in [1.807, 2.05) is 0 Å². The van der Waals surface area contributed by atoms with Crippen LogP contribution in [0.2, 0.25) is 0 Å². The van der Waals surface area contributed by atoms with Crippen molar-refractivity contribution in [3.05, 3.63) is 89.2 Å². The van der Waals surface area contributed by atoms with Crippen molar-refractivity contribution in [1.82, 2.24) is 5.32 Å². The lowest BCUT2D eigenvalue weighted by Gasteiger charge is -2.18. The fourth-order valence-corrected chi connectivity index (χ4v) is 4.59. The molecule has 4 rings (SSSR count). The van der Waals surface area contributed by atoms with Crippen molar-refractivity contribution in [3.8, 4) is 0 Å². The molecule has 29 heavy (non-hydrogen) atoms. The maximum atomic E-state index is 13.3. The largest absolute Gasteiger partial charge is 0.348 e. The van der Waals surface area contributed by atoms with E-state index in [0.29, 0.717) is 32.2 Å². The Hall–Kier alpha value is -3.32. The van der Waals surface area contributed by atoms with Crippen molar-refractivity contribution in [2.24, 2.45) is 0 Å². The topological polar surface area (TPSA) is 66.5 Å². The summed E-state index contributed by atoms with van der Waals surface area (Å²) < 4.78 is 26.3. The summed E-state index contributed by atoms with van der Waals surface area (Å²) in [6, 6.07) is 17.5. The molecule has 1 unspecified atom stereocenters. The number of nitrogens with zero attached hydrogens (tertiary/aromatic N) is 1. The van der Waals surface area contributed by atoms with Crippen molar-refractivity contribution in [2.45, 2.75) is 16.3 Å². The summed E-state index contributed by atoms with van der Waals surface area (Å²) in [5, 5.41) is 2.73. The summed E-state index contributed by atoms with van der Waals surface area (Å²) in [5.41, 5.74) is 1.75. The third kappa shape index (κ3) is 3.56. The molecule has 1 aliphatic rings. The van der Waals surface area contributed by atoms with E-state index < -0.39 is 10.8 Å². The van der Waals surface area contributed by atoms with E-state index in [-0.39, 0.29) is 24.2 Å². The molecule has 0 fully saturated rings. The first-order chi connectivity index (χ1) is 14.0. The molecule has 3 aromatic carbocycles. The summed E-state index contributed by atoms with van der Waals surface area (Å²) in [6.07, 6.45) is 0. The number of hydrogen-bond acceptors (Lipinski definition) is 3. The van der Waals surface area contributed by atoms with Gasteiger partial charge in [-0.1, -0.05) is 24.3 Å². The van der Waals surface area contributed by atoms with E-state index in [2.05, 4.69) is 5.32 Å². The summed E-state index contributed by atoms with van der Waals surface area (Å²) in [7, 11) is 0.0499.